The Balaban J connectivity index is 1.88. The first-order chi connectivity index (χ1) is 12.5. The summed E-state index contributed by atoms with van der Waals surface area (Å²) in [5.74, 6) is 0.750. The minimum absolute atomic E-state index is 0.0190. The summed E-state index contributed by atoms with van der Waals surface area (Å²) in [6.07, 6.45) is 0.765. The predicted molar refractivity (Wildman–Crippen MR) is 103 cm³/mol. The molecular weight excluding hydrogens is 328 g/mol. The van der Waals surface area contributed by atoms with E-state index >= 15 is 0 Å². The van der Waals surface area contributed by atoms with Crippen molar-refractivity contribution in [2.24, 2.45) is 0 Å². The van der Waals surface area contributed by atoms with Crippen LogP contribution in [0.2, 0.25) is 0 Å². The van der Waals surface area contributed by atoms with Crippen molar-refractivity contribution in [3.05, 3.63) is 59.7 Å². The molecule has 0 bridgehead atoms. The minimum Gasteiger partial charge on any atom is -0.494 e. The summed E-state index contributed by atoms with van der Waals surface area (Å²) in [5, 5.41) is 5.81. The molecule has 0 saturated carbocycles. The monoisotopic (exact) mass is 354 g/mol. The molecule has 0 aromatic heterocycles. The molecule has 0 aliphatic heterocycles. The maximum Gasteiger partial charge on any atom is 0.224 e. The lowest BCUT2D eigenvalue weighted by molar-refractivity contribution is -0.121. The Morgan fingerprint density at radius 3 is 2.19 bits per heavy atom. The predicted octanol–water partition coefficient (Wildman–Crippen LogP) is 3.85. The van der Waals surface area contributed by atoms with Crippen molar-refractivity contribution in [1.29, 1.82) is 0 Å². The van der Waals surface area contributed by atoms with E-state index in [0.717, 1.165) is 22.6 Å². The van der Waals surface area contributed by atoms with Gasteiger partial charge < -0.3 is 15.4 Å². The molecule has 5 heteroatoms. The lowest BCUT2D eigenvalue weighted by Gasteiger charge is -2.15. The molecule has 138 valence electrons. The molecule has 0 radical (unpaired) electrons. The van der Waals surface area contributed by atoms with Crippen molar-refractivity contribution in [3.63, 3.8) is 0 Å². The SMILES string of the molecule is CCOc1ccc(CC(=O)NC(C)c2ccc(NC(=O)CC)cc2)cc1. The zero-order chi connectivity index (χ0) is 18.9. The number of hydrogen-bond acceptors (Lipinski definition) is 3. The van der Waals surface area contributed by atoms with Crippen LogP contribution in [0.3, 0.4) is 0 Å². The van der Waals surface area contributed by atoms with Crippen LogP contribution >= 0.6 is 0 Å². The third kappa shape index (κ3) is 5.92. The summed E-state index contributed by atoms with van der Waals surface area (Å²) in [6, 6.07) is 15.0. The molecule has 2 aromatic carbocycles. The van der Waals surface area contributed by atoms with Crippen LogP contribution in [-0.4, -0.2) is 18.4 Å². The van der Waals surface area contributed by atoms with Gasteiger partial charge in [0.1, 0.15) is 5.75 Å². The van der Waals surface area contributed by atoms with E-state index in [2.05, 4.69) is 10.6 Å². The van der Waals surface area contributed by atoms with E-state index in [9.17, 15) is 9.59 Å². The van der Waals surface area contributed by atoms with Gasteiger partial charge >= 0.3 is 0 Å². The molecule has 2 rings (SSSR count). The van der Waals surface area contributed by atoms with Crippen LogP contribution in [0.25, 0.3) is 0 Å². The Morgan fingerprint density at radius 2 is 1.62 bits per heavy atom. The average Bonchev–Trinajstić information content (AvgIpc) is 2.64. The normalized spacial score (nSPS) is 11.5. The van der Waals surface area contributed by atoms with Gasteiger partial charge in [-0.1, -0.05) is 31.2 Å². The first-order valence-corrected chi connectivity index (χ1v) is 8.92. The Kier molecular flexibility index (Phi) is 7.21. The van der Waals surface area contributed by atoms with Crippen molar-refractivity contribution in [1.82, 2.24) is 5.32 Å². The van der Waals surface area contributed by atoms with Gasteiger partial charge in [0, 0.05) is 12.1 Å². The van der Waals surface area contributed by atoms with Gasteiger partial charge in [-0.05, 0) is 49.2 Å². The number of amides is 2. The second-order valence-corrected chi connectivity index (χ2v) is 6.07. The second kappa shape index (κ2) is 9.61. The van der Waals surface area contributed by atoms with Crippen molar-refractivity contribution in [3.8, 4) is 5.75 Å². The quantitative estimate of drug-likeness (QED) is 0.756. The van der Waals surface area contributed by atoms with Crippen LogP contribution in [0.5, 0.6) is 5.75 Å². The summed E-state index contributed by atoms with van der Waals surface area (Å²) in [5.41, 5.74) is 2.68. The van der Waals surface area contributed by atoms with Gasteiger partial charge in [0.15, 0.2) is 0 Å². The fourth-order valence-electron chi connectivity index (χ4n) is 2.54. The third-order valence-electron chi connectivity index (χ3n) is 3.99. The first-order valence-electron chi connectivity index (χ1n) is 8.92. The molecule has 1 unspecified atom stereocenters. The Labute approximate surface area is 154 Å². The van der Waals surface area contributed by atoms with E-state index in [4.69, 9.17) is 4.74 Å². The highest BCUT2D eigenvalue weighted by atomic mass is 16.5. The Hall–Kier alpha value is -2.82. The van der Waals surface area contributed by atoms with Gasteiger partial charge in [-0.2, -0.15) is 0 Å². The number of ether oxygens (including phenoxy) is 1. The fourth-order valence-corrected chi connectivity index (χ4v) is 2.54. The number of carbonyl (C=O) groups excluding carboxylic acids is 2. The number of anilines is 1. The van der Waals surface area contributed by atoms with Crippen LogP contribution in [0, 0.1) is 0 Å². The molecule has 2 amide bonds. The summed E-state index contributed by atoms with van der Waals surface area (Å²) in [4.78, 5) is 23.7. The summed E-state index contributed by atoms with van der Waals surface area (Å²) in [6.45, 7) is 6.31. The molecule has 0 saturated heterocycles. The standard InChI is InChI=1S/C21H26N2O3/c1-4-20(24)23-18-10-8-17(9-11-18)15(3)22-21(25)14-16-6-12-19(13-7-16)26-5-2/h6-13,15H,4-5,14H2,1-3H3,(H,22,25)(H,23,24). The zero-order valence-electron chi connectivity index (χ0n) is 15.5. The molecule has 1 atom stereocenters. The Bertz CT molecular complexity index is 724. The van der Waals surface area contributed by atoms with Gasteiger partial charge in [0.2, 0.25) is 11.8 Å². The highest BCUT2D eigenvalue weighted by molar-refractivity contribution is 5.90. The number of nitrogens with one attached hydrogen (secondary N) is 2. The van der Waals surface area contributed by atoms with E-state index < -0.39 is 0 Å². The molecule has 26 heavy (non-hydrogen) atoms. The highest BCUT2D eigenvalue weighted by Crippen LogP contribution is 2.17. The molecule has 0 spiro atoms. The molecule has 2 aromatic rings. The number of benzene rings is 2. The maximum absolute atomic E-state index is 12.3. The maximum atomic E-state index is 12.3. The third-order valence-corrected chi connectivity index (χ3v) is 3.99. The molecular formula is C21H26N2O3. The van der Waals surface area contributed by atoms with E-state index in [1.54, 1.807) is 0 Å². The van der Waals surface area contributed by atoms with Crippen LogP contribution in [-0.2, 0) is 16.0 Å². The molecule has 0 aliphatic rings. The van der Waals surface area contributed by atoms with Crippen LogP contribution in [0.4, 0.5) is 5.69 Å². The molecule has 2 N–H and O–H groups in total. The van der Waals surface area contributed by atoms with E-state index in [-0.39, 0.29) is 17.9 Å². The molecule has 0 fully saturated rings. The van der Waals surface area contributed by atoms with Crippen LogP contribution in [0.1, 0.15) is 44.4 Å². The summed E-state index contributed by atoms with van der Waals surface area (Å²) in [7, 11) is 0. The smallest absolute Gasteiger partial charge is 0.224 e. The van der Waals surface area contributed by atoms with E-state index in [0.29, 0.717) is 19.4 Å². The number of carbonyl (C=O) groups is 2. The first kappa shape index (κ1) is 19.5. The average molecular weight is 354 g/mol. The van der Waals surface area contributed by atoms with Crippen molar-refractivity contribution in [2.45, 2.75) is 39.7 Å². The lowest BCUT2D eigenvalue weighted by Crippen LogP contribution is -2.28. The fraction of sp³-hybridized carbons (Fsp3) is 0.333. The van der Waals surface area contributed by atoms with Gasteiger partial charge in [-0.3, -0.25) is 9.59 Å². The number of rotatable bonds is 8. The van der Waals surface area contributed by atoms with E-state index in [1.807, 2.05) is 69.3 Å². The highest BCUT2D eigenvalue weighted by Gasteiger charge is 2.10. The topological polar surface area (TPSA) is 67.4 Å². The molecule has 5 nitrogen and oxygen atoms in total. The lowest BCUT2D eigenvalue weighted by atomic mass is 10.1. The van der Waals surface area contributed by atoms with Crippen molar-refractivity contribution in [2.75, 3.05) is 11.9 Å². The van der Waals surface area contributed by atoms with Crippen LogP contribution < -0.4 is 15.4 Å². The Morgan fingerprint density at radius 1 is 0.962 bits per heavy atom. The van der Waals surface area contributed by atoms with Gasteiger partial charge in [0.25, 0.3) is 0 Å². The largest absolute Gasteiger partial charge is 0.494 e. The zero-order valence-corrected chi connectivity index (χ0v) is 15.5. The van der Waals surface area contributed by atoms with Crippen molar-refractivity contribution < 1.29 is 14.3 Å². The van der Waals surface area contributed by atoms with Crippen LogP contribution in [0.15, 0.2) is 48.5 Å². The van der Waals surface area contributed by atoms with Gasteiger partial charge in [-0.25, -0.2) is 0 Å². The summed E-state index contributed by atoms with van der Waals surface area (Å²) >= 11 is 0. The molecule has 0 heterocycles. The molecule has 0 aliphatic carbocycles. The van der Waals surface area contributed by atoms with Gasteiger partial charge in [0.05, 0.1) is 19.1 Å². The summed E-state index contributed by atoms with van der Waals surface area (Å²) < 4.78 is 5.40. The number of hydrogen-bond donors (Lipinski definition) is 2. The van der Waals surface area contributed by atoms with Gasteiger partial charge in [-0.15, -0.1) is 0 Å². The van der Waals surface area contributed by atoms with Crippen molar-refractivity contribution >= 4 is 17.5 Å². The minimum atomic E-state index is -0.110. The second-order valence-electron chi connectivity index (χ2n) is 6.07. The van der Waals surface area contributed by atoms with E-state index in [1.165, 1.54) is 0 Å².